The standard InChI is InChI=1S/C10H23NS/c1-3-4-5-6-7-8-9-12-10(2)11/h10H,3-9,11H2,1-2H3. The minimum absolute atomic E-state index is 0.320. The van der Waals surface area contributed by atoms with Gasteiger partial charge >= 0.3 is 0 Å². The van der Waals surface area contributed by atoms with Crippen molar-refractivity contribution in [2.45, 2.75) is 57.7 Å². The van der Waals surface area contributed by atoms with Crippen LogP contribution in [-0.4, -0.2) is 11.1 Å². The van der Waals surface area contributed by atoms with E-state index in [-0.39, 0.29) is 0 Å². The number of hydrogen-bond donors (Lipinski definition) is 1. The smallest absolute Gasteiger partial charge is 0.0478 e. The van der Waals surface area contributed by atoms with Gasteiger partial charge in [0.05, 0.1) is 0 Å². The molecule has 1 atom stereocenters. The Balaban J connectivity index is 2.82. The minimum Gasteiger partial charge on any atom is -0.320 e. The molecule has 0 aliphatic carbocycles. The summed E-state index contributed by atoms with van der Waals surface area (Å²) in [6, 6.07) is 0. The lowest BCUT2D eigenvalue weighted by Crippen LogP contribution is -2.09. The molecule has 0 aliphatic rings. The van der Waals surface area contributed by atoms with Gasteiger partial charge in [0.15, 0.2) is 0 Å². The molecule has 0 saturated carbocycles. The van der Waals surface area contributed by atoms with E-state index in [2.05, 4.69) is 13.8 Å². The largest absolute Gasteiger partial charge is 0.320 e. The van der Waals surface area contributed by atoms with E-state index in [0.29, 0.717) is 5.37 Å². The van der Waals surface area contributed by atoms with Gasteiger partial charge in [-0.2, -0.15) is 0 Å². The van der Waals surface area contributed by atoms with E-state index in [1.54, 1.807) is 0 Å². The molecular formula is C10H23NS. The van der Waals surface area contributed by atoms with Gasteiger partial charge in [0, 0.05) is 5.37 Å². The van der Waals surface area contributed by atoms with Gasteiger partial charge in [-0.25, -0.2) is 0 Å². The minimum atomic E-state index is 0.320. The third-order valence-electron chi connectivity index (χ3n) is 1.88. The van der Waals surface area contributed by atoms with Crippen molar-refractivity contribution in [3.8, 4) is 0 Å². The molecule has 0 radical (unpaired) electrons. The van der Waals surface area contributed by atoms with Gasteiger partial charge in [0.1, 0.15) is 0 Å². The van der Waals surface area contributed by atoms with E-state index in [4.69, 9.17) is 5.73 Å². The number of rotatable bonds is 8. The molecule has 0 heterocycles. The predicted octanol–water partition coefficient (Wildman–Crippen LogP) is 3.38. The summed E-state index contributed by atoms with van der Waals surface area (Å²) in [4.78, 5) is 0. The van der Waals surface area contributed by atoms with Crippen molar-refractivity contribution in [3.63, 3.8) is 0 Å². The van der Waals surface area contributed by atoms with E-state index in [0.717, 1.165) is 0 Å². The molecule has 2 heteroatoms. The number of hydrogen-bond acceptors (Lipinski definition) is 2. The molecule has 12 heavy (non-hydrogen) atoms. The third kappa shape index (κ3) is 10.3. The first-order chi connectivity index (χ1) is 5.77. The van der Waals surface area contributed by atoms with E-state index in [1.165, 1.54) is 44.3 Å². The van der Waals surface area contributed by atoms with Gasteiger partial charge in [-0.15, -0.1) is 11.8 Å². The van der Waals surface area contributed by atoms with Crippen molar-refractivity contribution < 1.29 is 0 Å². The normalized spacial score (nSPS) is 13.2. The molecular weight excluding hydrogens is 166 g/mol. The Morgan fingerprint density at radius 2 is 1.67 bits per heavy atom. The molecule has 1 nitrogen and oxygen atoms in total. The molecule has 0 saturated heterocycles. The van der Waals surface area contributed by atoms with Crippen LogP contribution in [0.1, 0.15) is 52.4 Å². The van der Waals surface area contributed by atoms with Gasteiger partial charge in [0.25, 0.3) is 0 Å². The zero-order chi connectivity index (χ0) is 9.23. The molecule has 0 spiro atoms. The Kier molecular flexibility index (Phi) is 9.64. The molecule has 0 amide bonds. The second-order valence-corrected chi connectivity index (χ2v) is 4.83. The molecule has 0 aromatic carbocycles. The molecule has 0 rings (SSSR count). The van der Waals surface area contributed by atoms with E-state index in [9.17, 15) is 0 Å². The molecule has 0 aromatic rings. The maximum Gasteiger partial charge on any atom is 0.0478 e. The summed E-state index contributed by atoms with van der Waals surface area (Å²) in [7, 11) is 0. The van der Waals surface area contributed by atoms with Crippen LogP contribution in [0.2, 0.25) is 0 Å². The van der Waals surface area contributed by atoms with E-state index < -0.39 is 0 Å². The SMILES string of the molecule is CCCCCCCCSC(C)N. The Hall–Kier alpha value is 0.310. The number of unbranched alkanes of at least 4 members (excludes halogenated alkanes) is 5. The van der Waals surface area contributed by atoms with Crippen LogP contribution in [0.4, 0.5) is 0 Å². The van der Waals surface area contributed by atoms with Crippen molar-refractivity contribution in [2.24, 2.45) is 5.73 Å². The zero-order valence-electron chi connectivity index (χ0n) is 8.51. The summed E-state index contributed by atoms with van der Waals surface area (Å²) in [6.45, 7) is 4.31. The van der Waals surface area contributed by atoms with E-state index in [1.807, 2.05) is 11.8 Å². The quantitative estimate of drug-likeness (QED) is 0.468. The molecule has 0 fully saturated rings. The van der Waals surface area contributed by atoms with Gasteiger partial charge in [-0.05, 0) is 19.1 Å². The van der Waals surface area contributed by atoms with Gasteiger partial charge in [-0.1, -0.05) is 39.0 Å². The maximum absolute atomic E-state index is 5.62. The van der Waals surface area contributed by atoms with Crippen molar-refractivity contribution >= 4 is 11.8 Å². The highest BCUT2D eigenvalue weighted by Gasteiger charge is 1.94. The predicted molar refractivity (Wildman–Crippen MR) is 59.5 cm³/mol. The van der Waals surface area contributed by atoms with Crippen LogP contribution in [-0.2, 0) is 0 Å². The lowest BCUT2D eigenvalue weighted by Gasteiger charge is -2.03. The highest BCUT2D eigenvalue weighted by molar-refractivity contribution is 7.99. The molecule has 0 aromatic heterocycles. The van der Waals surface area contributed by atoms with Crippen molar-refractivity contribution in [3.05, 3.63) is 0 Å². The molecule has 74 valence electrons. The second kappa shape index (κ2) is 9.40. The average Bonchev–Trinajstić information content (AvgIpc) is 2.02. The third-order valence-corrected chi connectivity index (χ3v) is 2.93. The summed E-state index contributed by atoms with van der Waals surface area (Å²) in [5.74, 6) is 1.24. The molecule has 1 unspecified atom stereocenters. The first-order valence-electron chi connectivity index (χ1n) is 5.14. The lowest BCUT2D eigenvalue weighted by molar-refractivity contribution is 0.626. The summed E-state index contributed by atoms with van der Waals surface area (Å²) in [5, 5.41) is 0.320. The van der Waals surface area contributed by atoms with Crippen LogP contribution in [0.25, 0.3) is 0 Å². The van der Waals surface area contributed by atoms with Crippen LogP contribution >= 0.6 is 11.8 Å². The summed E-state index contributed by atoms with van der Waals surface area (Å²) < 4.78 is 0. The summed E-state index contributed by atoms with van der Waals surface area (Å²) in [6.07, 6.45) is 8.30. The Labute approximate surface area is 81.5 Å². The molecule has 2 N–H and O–H groups in total. The van der Waals surface area contributed by atoms with Gasteiger partial charge in [-0.3, -0.25) is 0 Å². The van der Waals surface area contributed by atoms with Crippen LogP contribution in [0.5, 0.6) is 0 Å². The Morgan fingerprint density at radius 1 is 1.08 bits per heavy atom. The Bertz CT molecular complexity index is 83.9. The molecule has 0 aliphatic heterocycles. The zero-order valence-corrected chi connectivity index (χ0v) is 9.33. The lowest BCUT2D eigenvalue weighted by atomic mass is 10.1. The van der Waals surface area contributed by atoms with Crippen LogP contribution in [0.3, 0.4) is 0 Å². The topological polar surface area (TPSA) is 26.0 Å². The number of thioether (sulfide) groups is 1. The highest BCUT2D eigenvalue weighted by Crippen LogP contribution is 2.11. The summed E-state index contributed by atoms with van der Waals surface area (Å²) >= 11 is 1.87. The first-order valence-corrected chi connectivity index (χ1v) is 6.19. The van der Waals surface area contributed by atoms with Crippen LogP contribution < -0.4 is 5.73 Å². The first kappa shape index (κ1) is 12.3. The van der Waals surface area contributed by atoms with Crippen LogP contribution in [0, 0.1) is 0 Å². The second-order valence-electron chi connectivity index (χ2n) is 3.34. The van der Waals surface area contributed by atoms with Gasteiger partial charge in [0.2, 0.25) is 0 Å². The fourth-order valence-electron chi connectivity index (χ4n) is 1.15. The van der Waals surface area contributed by atoms with Crippen molar-refractivity contribution in [1.29, 1.82) is 0 Å². The van der Waals surface area contributed by atoms with Gasteiger partial charge < -0.3 is 5.73 Å². The monoisotopic (exact) mass is 189 g/mol. The number of nitrogens with two attached hydrogens (primary N) is 1. The van der Waals surface area contributed by atoms with Crippen molar-refractivity contribution in [2.75, 3.05) is 5.75 Å². The Morgan fingerprint density at radius 3 is 2.25 bits per heavy atom. The van der Waals surface area contributed by atoms with Crippen LogP contribution in [0.15, 0.2) is 0 Å². The fourth-order valence-corrected chi connectivity index (χ4v) is 1.89. The highest BCUT2D eigenvalue weighted by atomic mass is 32.2. The van der Waals surface area contributed by atoms with E-state index >= 15 is 0 Å². The maximum atomic E-state index is 5.62. The van der Waals surface area contributed by atoms with Crippen molar-refractivity contribution in [1.82, 2.24) is 0 Å². The molecule has 0 bridgehead atoms. The average molecular weight is 189 g/mol. The fraction of sp³-hybridized carbons (Fsp3) is 1.00. The summed E-state index contributed by atoms with van der Waals surface area (Å²) in [5.41, 5.74) is 5.62.